The first-order chi connectivity index (χ1) is 12.3. The van der Waals surface area contributed by atoms with E-state index in [1.807, 2.05) is 0 Å². The van der Waals surface area contributed by atoms with E-state index in [0.717, 1.165) is 71.5 Å². The summed E-state index contributed by atoms with van der Waals surface area (Å²) in [6.45, 7) is 5.60. The SMILES string of the molecule is O=C(C1CCC(c2ccccc2)CC1)N1CCC(N2CCOCC2)C1. The average molecular weight is 342 g/mol. The Hall–Kier alpha value is -1.39. The molecule has 1 amide bonds. The van der Waals surface area contributed by atoms with Crippen LogP contribution in [-0.2, 0) is 9.53 Å². The zero-order chi connectivity index (χ0) is 17.1. The molecule has 0 bridgehead atoms. The number of amides is 1. The molecule has 1 aliphatic carbocycles. The fraction of sp³-hybridized carbons (Fsp3) is 0.667. The number of hydrogen-bond donors (Lipinski definition) is 0. The van der Waals surface area contributed by atoms with Gasteiger partial charge in [-0.1, -0.05) is 30.3 Å². The minimum Gasteiger partial charge on any atom is -0.379 e. The van der Waals surface area contributed by atoms with E-state index in [-0.39, 0.29) is 5.92 Å². The van der Waals surface area contributed by atoms with E-state index in [1.54, 1.807) is 0 Å². The van der Waals surface area contributed by atoms with Gasteiger partial charge in [-0.3, -0.25) is 9.69 Å². The van der Waals surface area contributed by atoms with E-state index < -0.39 is 0 Å². The third-order valence-electron chi connectivity index (χ3n) is 6.38. The Kier molecular flexibility index (Phi) is 5.37. The van der Waals surface area contributed by atoms with Crippen molar-refractivity contribution in [2.75, 3.05) is 39.4 Å². The first-order valence-electron chi connectivity index (χ1n) is 9.97. The summed E-state index contributed by atoms with van der Waals surface area (Å²) in [6, 6.07) is 11.4. The predicted octanol–water partition coefficient (Wildman–Crippen LogP) is 2.89. The zero-order valence-electron chi connectivity index (χ0n) is 15.1. The van der Waals surface area contributed by atoms with Crippen LogP contribution in [0.15, 0.2) is 30.3 Å². The van der Waals surface area contributed by atoms with Gasteiger partial charge >= 0.3 is 0 Å². The van der Waals surface area contributed by atoms with Gasteiger partial charge in [0.15, 0.2) is 0 Å². The van der Waals surface area contributed by atoms with E-state index in [4.69, 9.17) is 4.74 Å². The molecular formula is C21H30N2O2. The highest BCUT2D eigenvalue weighted by Crippen LogP contribution is 2.37. The molecule has 3 aliphatic rings. The molecule has 2 saturated heterocycles. The normalized spacial score (nSPS) is 31.2. The molecule has 0 N–H and O–H groups in total. The maximum atomic E-state index is 13.0. The summed E-state index contributed by atoms with van der Waals surface area (Å²) in [4.78, 5) is 17.6. The summed E-state index contributed by atoms with van der Waals surface area (Å²) < 4.78 is 5.45. The molecule has 1 atom stereocenters. The van der Waals surface area contributed by atoms with E-state index in [1.165, 1.54) is 5.56 Å². The van der Waals surface area contributed by atoms with Crippen molar-refractivity contribution >= 4 is 5.91 Å². The summed E-state index contributed by atoms with van der Waals surface area (Å²) in [7, 11) is 0. The van der Waals surface area contributed by atoms with Crippen LogP contribution in [0.3, 0.4) is 0 Å². The lowest BCUT2D eigenvalue weighted by Crippen LogP contribution is -2.45. The van der Waals surface area contributed by atoms with Crippen LogP contribution in [0.1, 0.15) is 43.6 Å². The molecule has 4 nitrogen and oxygen atoms in total. The van der Waals surface area contributed by atoms with Crippen molar-refractivity contribution in [2.45, 2.75) is 44.1 Å². The Bertz CT molecular complexity index is 563. The molecular weight excluding hydrogens is 312 g/mol. The number of rotatable bonds is 3. The summed E-state index contributed by atoms with van der Waals surface area (Å²) in [5, 5.41) is 0. The topological polar surface area (TPSA) is 32.8 Å². The maximum Gasteiger partial charge on any atom is 0.225 e. The van der Waals surface area contributed by atoms with Gasteiger partial charge in [-0.05, 0) is 43.6 Å². The summed E-state index contributed by atoms with van der Waals surface area (Å²) >= 11 is 0. The number of carbonyl (C=O) groups is 1. The molecule has 0 aromatic heterocycles. The molecule has 4 rings (SSSR count). The van der Waals surface area contributed by atoms with Crippen LogP contribution in [0.25, 0.3) is 0 Å². The highest BCUT2D eigenvalue weighted by molar-refractivity contribution is 5.79. The second-order valence-corrected chi connectivity index (χ2v) is 7.83. The molecule has 0 spiro atoms. The molecule has 25 heavy (non-hydrogen) atoms. The third kappa shape index (κ3) is 3.90. The number of benzene rings is 1. The minimum absolute atomic E-state index is 0.253. The average Bonchev–Trinajstić information content (AvgIpc) is 3.19. The number of ether oxygens (including phenoxy) is 1. The van der Waals surface area contributed by atoms with Crippen LogP contribution in [0.2, 0.25) is 0 Å². The fourth-order valence-electron chi connectivity index (χ4n) is 4.84. The second kappa shape index (κ2) is 7.88. The Morgan fingerprint density at radius 2 is 1.64 bits per heavy atom. The Morgan fingerprint density at radius 1 is 0.920 bits per heavy atom. The van der Waals surface area contributed by atoms with Crippen LogP contribution in [0.5, 0.6) is 0 Å². The molecule has 3 fully saturated rings. The fourth-order valence-corrected chi connectivity index (χ4v) is 4.84. The van der Waals surface area contributed by atoms with Crippen LogP contribution in [-0.4, -0.2) is 61.1 Å². The van der Waals surface area contributed by atoms with Gasteiger partial charge in [-0.2, -0.15) is 0 Å². The number of morpholine rings is 1. The van der Waals surface area contributed by atoms with E-state index in [2.05, 4.69) is 40.1 Å². The molecule has 1 aromatic carbocycles. The van der Waals surface area contributed by atoms with Crippen molar-refractivity contribution in [3.63, 3.8) is 0 Å². The molecule has 0 radical (unpaired) electrons. The molecule has 2 aliphatic heterocycles. The Morgan fingerprint density at radius 3 is 2.36 bits per heavy atom. The van der Waals surface area contributed by atoms with Crippen LogP contribution < -0.4 is 0 Å². The van der Waals surface area contributed by atoms with Crippen LogP contribution in [0, 0.1) is 5.92 Å². The van der Waals surface area contributed by atoms with Crippen molar-refractivity contribution in [1.82, 2.24) is 9.80 Å². The highest BCUT2D eigenvalue weighted by Gasteiger charge is 2.35. The molecule has 136 valence electrons. The van der Waals surface area contributed by atoms with Crippen molar-refractivity contribution in [1.29, 1.82) is 0 Å². The molecule has 2 heterocycles. The smallest absolute Gasteiger partial charge is 0.225 e. The minimum atomic E-state index is 0.253. The number of carbonyl (C=O) groups excluding carboxylic acids is 1. The van der Waals surface area contributed by atoms with Gasteiger partial charge in [0.1, 0.15) is 0 Å². The lowest BCUT2D eigenvalue weighted by molar-refractivity contribution is -0.135. The number of nitrogens with zero attached hydrogens (tertiary/aromatic N) is 2. The van der Waals surface area contributed by atoms with Crippen LogP contribution in [0.4, 0.5) is 0 Å². The van der Waals surface area contributed by atoms with E-state index in [0.29, 0.717) is 17.9 Å². The first-order valence-corrected chi connectivity index (χ1v) is 9.97. The lowest BCUT2D eigenvalue weighted by atomic mass is 9.78. The standard InChI is InChI=1S/C21H30N2O2/c24-21(23-11-10-20(16-23)22-12-14-25-15-13-22)19-8-6-18(7-9-19)17-4-2-1-3-5-17/h1-5,18-20H,6-16H2. The van der Waals surface area contributed by atoms with Gasteiger partial charge in [0.05, 0.1) is 13.2 Å². The van der Waals surface area contributed by atoms with Gasteiger partial charge in [0, 0.05) is 38.1 Å². The van der Waals surface area contributed by atoms with Gasteiger partial charge in [0.2, 0.25) is 5.91 Å². The molecule has 1 saturated carbocycles. The summed E-state index contributed by atoms with van der Waals surface area (Å²) in [5.41, 5.74) is 1.45. The van der Waals surface area contributed by atoms with Crippen LogP contribution >= 0.6 is 0 Å². The monoisotopic (exact) mass is 342 g/mol. The Labute approximate surface area is 151 Å². The van der Waals surface area contributed by atoms with Crippen molar-refractivity contribution in [2.24, 2.45) is 5.92 Å². The van der Waals surface area contributed by atoms with Gasteiger partial charge in [-0.25, -0.2) is 0 Å². The largest absolute Gasteiger partial charge is 0.379 e. The van der Waals surface area contributed by atoms with Gasteiger partial charge in [0.25, 0.3) is 0 Å². The second-order valence-electron chi connectivity index (χ2n) is 7.83. The van der Waals surface area contributed by atoms with Gasteiger partial charge < -0.3 is 9.64 Å². The lowest BCUT2D eigenvalue weighted by Gasteiger charge is -2.33. The highest BCUT2D eigenvalue weighted by atomic mass is 16.5. The summed E-state index contributed by atoms with van der Waals surface area (Å²) in [5.74, 6) is 1.32. The van der Waals surface area contributed by atoms with Crippen molar-refractivity contribution < 1.29 is 9.53 Å². The number of hydrogen-bond acceptors (Lipinski definition) is 3. The molecule has 1 aromatic rings. The molecule has 1 unspecified atom stereocenters. The Balaban J connectivity index is 1.28. The van der Waals surface area contributed by atoms with E-state index in [9.17, 15) is 4.79 Å². The van der Waals surface area contributed by atoms with Crippen molar-refractivity contribution in [3.8, 4) is 0 Å². The van der Waals surface area contributed by atoms with Gasteiger partial charge in [-0.15, -0.1) is 0 Å². The zero-order valence-corrected chi connectivity index (χ0v) is 15.1. The quantitative estimate of drug-likeness (QED) is 0.847. The third-order valence-corrected chi connectivity index (χ3v) is 6.38. The predicted molar refractivity (Wildman–Crippen MR) is 98.5 cm³/mol. The van der Waals surface area contributed by atoms with E-state index >= 15 is 0 Å². The first kappa shape index (κ1) is 17.0. The van der Waals surface area contributed by atoms with Crippen molar-refractivity contribution in [3.05, 3.63) is 35.9 Å². The summed E-state index contributed by atoms with van der Waals surface area (Å²) in [6.07, 6.45) is 5.54. The number of likely N-dealkylation sites (tertiary alicyclic amines) is 1. The maximum absolute atomic E-state index is 13.0. The molecule has 4 heteroatoms.